The van der Waals surface area contributed by atoms with Gasteiger partial charge in [0.1, 0.15) is 5.82 Å². The van der Waals surface area contributed by atoms with Gasteiger partial charge in [-0.3, -0.25) is 20.8 Å². The van der Waals surface area contributed by atoms with Crippen LogP contribution >= 0.6 is 11.8 Å². The second-order valence-electron chi connectivity index (χ2n) is 4.01. The topological polar surface area (TPSA) is 153 Å². The molecular formula is C11H12N6O3S. The summed E-state index contributed by atoms with van der Waals surface area (Å²) in [5, 5.41) is 11.1. The van der Waals surface area contributed by atoms with Gasteiger partial charge in [0.2, 0.25) is 0 Å². The van der Waals surface area contributed by atoms with Gasteiger partial charge in [-0.25, -0.2) is 4.98 Å². The lowest BCUT2D eigenvalue weighted by Crippen LogP contribution is -2.10. The molecule has 0 unspecified atom stereocenters. The number of nitrogen functional groups attached to an aromatic ring is 2. The van der Waals surface area contributed by atoms with E-state index in [4.69, 9.17) is 11.6 Å². The number of nitro benzene ring substituents is 1. The number of rotatable bonds is 5. The van der Waals surface area contributed by atoms with Crippen LogP contribution in [0.5, 0.6) is 0 Å². The maximum atomic E-state index is 11.3. The number of H-pyrrole nitrogens is 1. The predicted molar refractivity (Wildman–Crippen MR) is 79.7 cm³/mol. The highest BCUT2D eigenvalue weighted by atomic mass is 32.2. The first-order valence-corrected chi connectivity index (χ1v) is 6.71. The Morgan fingerprint density at radius 2 is 2.19 bits per heavy atom. The fourth-order valence-electron chi connectivity index (χ4n) is 1.62. The maximum Gasteiger partial charge on any atom is 0.269 e. The Morgan fingerprint density at radius 1 is 1.43 bits per heavy atom. The lowest BCUT2D eigenvalue weighted by molar-refractivity contribution is -0.384. The fourth-order valence-corrected chi connectivity index (χ4v) is 2.50. The molecule has 0 aliphatic rings. The summed E-state index contributed by atoms with van der Waals surface area (Å²) in [4.78, 5) is 28.1. The van der Waals surface area contributed by atoms with Crippen LogP contribution < -0.4 is 22.6 Å². The molecule has 2 aromatic rings. The van der Waals surface area contributed by atoms with E-state index in [0.717, 1.165) is 0 Å². The Balaban J connectivity index is 2.23. The van der Waals surface area contributed by atoms with E-state index in [-0.39, 0.29) is 17.1 Å². The van der Waals surface area contributed by atoms with Crippen molar-refractivity contribution in [3.63, 3.8) is 0 Å². The lowest BCUT2D eigenvalue weighted by Gasteiger charge is -2.08. The average molecular weight is 308 g/mol. The molecule has 0 aliphatic heterocycles. The predicted octanol–water partition coefficient (Wildman–Crippen LogP) is 0.838. The van der Waals surface area contributed by atoms with Gasteiger partial charge in [-0.1, -0.05) is 11.8 Å². The first-order chi connectivity index (χ1) is 9.99. The van der Waals surface area contributed by atoms with Crippen LogP contribution in [0.1, 0.15) is 5.56 Å². The molecule has 2 rings (SSSR count). The van der Waals surface area contributed by atoms with Gasteiger partial charge in [0.15, 0.2) is 5.16 Å². The van der Waals surface area contributed by atoms with Crippen LogP contribution in [0.15, 0.2) is 34.2 Å². The molecule has 0 saturated heterocycles. The van der Waals surface area contributed by atoms with Crippen molar-refractivity contribution in [1.82, 2.24) is 9.97 Å². The Kier molecular flexibility index (Phi) is 4.40. The monoisotopic (exact) mass is 308 g/mol. The highest BCUT2D eigenvalue weighted by molar-refractivity contribution is 7.98. The second kappa shape index (κ2) is 6.24. The third kappa shape index (κ3) is 3.70. The fraction of sp³-hybridized carbons (Fsp3) is 0.0909. The highest BCUT2D eigenvalue weighted by Crippen LogP contribution is 2.27. The standard InChI is InChI=1S/C11H12N6O3S/c12-9-4-10(18)15-11(14-9)21-5-6-3-7(17(19)20)1-2-8(6)16-13/h1-4,16H,5,13H2,(H3,12,14,15,18). The number of non-ortho nitro benzene ring substituents is 1. The first kappa shape index (κ1) is 14.8. The van der Waals surface area contributed by atoms with E-state index in [1.807, 2.05) is 0 Å². The Hall–Kier alpha value is -2.59. The number of nitro groups is 1. The number of hydrogen-bond acceptors (Lipinski definition) is 8. The minimum atomic E-state index is -0.491. The number of aromatic amines is 1. The third-order valence-corrected chi connectivity index (χ3v) is 3.48. The van der Waals surface area contributed by atoms with Crippen molar-refractivity contribution in [2.45, 2.75) is 10.9 Å². The van der Waals surface area contributed by atoms with Crippen molar-refractivity contribution in [3.05, 3.63) is 50.3 Å². The summed E-state index contributed by atoms with van der Waals surface area (Å²) in [6, 6.07) is 5.45. The summed E-state index contributed by atoms with van der Waals surface area (Å²) in [6.07, 6.45) is 0. The molecule has 0 spiro atoms. The zero-order chi connectivity index (χ0) is 15.4. The smallest absolute Gasteiger partial charge is 0.269 e. The number of hydrogen-bond donors (Lipinski definition) is 4. The molecule has 0 radical (unpaired) electrons. The molecule has 6 N–H and O–H groups in total. The van der Waals surface area contributed by atoms with Crippen LogP contribution in [-0.2, 0) is 5.75 Å². The summed E-state index contributed by atoms with van der Waals surface area (Å²) in [7, 11) is 0. The summed E-state index contributed by atoms with van der Waals surface area (Å²) in [5.41, 5.74) is 8.71. The summed E-state index contributed by atoms with van der Waals surface area (Å²) in [6.45, 7) is 0. The zero-order valence-corrected chi connectivity index (χ0v) is 11.5. The molecule has 10 heteroatoms. The van der Waals surface area contributed by atoms with Crippen LogP contribution in [0.3, 0.4) is 0 Å². The second-order valence-corrected chi connectivity index (χ2v) is 4.97. The molecule has 0 bridgehead atoms. The van der Waals surface area contributed by atoms with E-state index in [2.05, 4.69) is 15.4 Å². The largest absolute Gasteiger partial charge is 0.383 e. The average Bonchev–Trinajstić information content (AvgIpc) is 2.43. The van der Waals surface area contributed by atoms with Gasteiger partial charge in [-0.05, 0) is 11.6 Å². The van der Waals surface area contributed by atoms with E-state index in [0.29, 0.717) is 22.2 Å². The van der Waals surface area contributed by atoms with Crippen molar-refractivity contribution >= 4 is 29.0 Å². The maximum absolute atomic E-state index is 11.3. The number of nitrogens with zero attached hydrogens (tertiary/aromatic N) is 2. The molecule has 0 saturated carbocycles. The van der Waals surface area contributed by atoms with Gasteiger partial charge < -0.3 is 16.1 Å². The van der Waals surface area contributed by atoms with Crippen LogP contribution in [0, 0.1) is 10.1 Å². The zero-order valence-electron chi connectivity index (χ0n) is 10.7. The molecule has 0 aliphatic carbocycles. The Labute approximate surface area is 122 Å². The molecule has 1 heterocycles. The van der Waals surface area contributed by atoms with Crippen molar-refractivity contribution in [3.8, 4) is 0 Å². The normalized spacial score (nSPS) is 10.3. The van der Waals surface area contributed by atoms with Gasteiger partial charge in [0, 0.05) is 24.0 Å². The van der Waals surface area contributed by atoms with Crippen molar-refractivity contribution in [2.75, 3.05) is 11.2 Å². The van der Waals surface area contributed by atoms with Crippen LogP contribution in [-0.4, -0.2) is 14.9 Å². The Bertz CT molecular complexity index is 732. The minimum Gasteiger partial charge on any atom is -0.383 e. The molecule has 1 aromatic heterocycles. The summed E-state index contributed by atoms with van der Waals surface area (Å²) < 4.78 is 0. The molecule has 0 atom stereocenters. The summed E-state index contributed by atoms with van der Waals surface area (Å²) in [5.74, 6) is 5.81. The van der Waals surface area contributed by atoms with Crippen LogP contribution in [0.2, 0.25) is 0 Å². The van der Waals surface area contributed by atoms with E-state index in [9.17, 15) is 14.9 Å². The molecule has 110 valence electrons. The molecule has 0 fully saturated rings. The number of anilines is 2. The molecular weight excluding hydrogens is 296 g/mol. The number of nitrogens with one attached hydrogen (secondary N) is 2. The van der Waals surface area contributed by atoms with Crippen molar-refractivity contribution in [2.24, 2.45) is 5.84 Å². The quantitative estimate of drug-likeness (QED) is 0.208. The van der Waals surface area contributed by atoms with Crippen molar-refractivity contribution in [1.29, 1.82) is 0 Å². The number of thioether (sulfide) groups is 1. The van der Waals surface area contributed by atoms with Gasteiger partial charge in [0.25, 0.3) is 11.2 Å². The molecule has 21 heavy (non-hydrogen) atoms. The Morgan fingerprint density at radius 3 is 2.81 bits per heavy atom. The molecule has 1 aromatic carbocycles. The third-order valence-electron chi connectivity index (χ3n) is 2.56. The number of hydrazine groups is 1. The number of aromatic nitrogens is 2. The SMILES string of the molecule is NNc1ccc([N+](=O)[O-])cc1CSc1nc(N)cc(=O)[nH]1. The number of benzene rings is 1. The molecule has 0 amide bonds. The molecule has 9 nitrogen and oxygen atoms in total. The van der Waals surface area contributed by atoms with E-state index < -0.39 is 4.92 Å². The number of nitrogens with two attached hydrogens (primary N) is 2. The van der Waals surface area contributed by atoms with Gasteiger partial charge in [0.05, 0.1) is 10.6 Å². The van der Waals surface area contributed by atoms with Gasteiger partial charge in [-0.15, -0.1) is 0 Å². The van der Waals surface area contributed by atoms with Crippen LogP contribution in [0.4, 0.5) is 17.2 Å². The van der Waals surface area contributed by atoms with E-state index >= 15 is 0 Å². The van der Waals surface area contributed by atoms with Gasteiger partial charge in [-0.2, -0.15) is 0 Å². The summed E-state index contributed by atoms with van der Waals surface area (Å²) >= 11 is 1.19. The van der Waals surface area contributed by atoms with E-state index in [1.54, 1.807) is 0 Å². The van der Waals surface area contributed by atoms with Crippen molar-refractivity contribution < 1.29 is 4.92 Å². The minimum absolute atomic E-state index is 0.0429. The van der Waals surface area contributed by atoms with Crippen LogP contribution in [0.25, 0.3) is 0 Å². The lowest BCUT2D eigenvalue weighted by atomic mass is 10.2. The highest BCUT2D eigenvalue weighted by Gasteiger charge is 2.11. The first-order valence-electron chi connectivity index (χ1n) is 5.73. The van der Waals surface area contributed by atoms with Gasteiger partial charge >= 0.3 is 0 Å². The van der Waals surface area contributed by atoms with E-state index in [1.165, 1.54) is 36.0 Å².